The zero-order valence-electron chi connectivity index (χ0n) is 19.3. The Labute approximate surface area is 190 Å². The second-order valence-corrected chi connectivity index (χ2v) is 8.30. The first-order valence-corrected chi connectivity index (χ1v) is 11.3. The predicted molar refractivity (Wildman–Crippen MR) is 128 cm³/mol. The molecule has 0 unspecified atom stereocenters. The molecule has 4 rings (SSSR count). The summed E-state index contributed by atoms with van der Waals surface area (Å²) >= 11 is 0. The number of imidazole rings is 1. The zero-order chi connectivity index (χ0) is 23.7. The largest absolute Gasteiger partial charge is 0.345 e. The molecule has 0 saturated carbocycles. The second-order valence-electron chi connectivity index (χ2n) is 8.30. The van der Waals surface area contributed by atoms with Crippen molar-refractivity contribution in [3.63, 3.8) is 0 Å². The van der Waals surface area contributed by atoms with Crippen molar-refractivity contribution in [2.45, 2.75) is 59.7 Å². The van der Waals surface area contributed by atoms with Crippen molar-refractivity contribution in [3.8, 4) is 0 Å². The lowest BCUT2D eigenvalue weighted by Crippen LogP contribution is -2.33. The van der Waals surface area contributed by atoms with Crippen LogP contribution >= 0.6 is 0 Å². The maximum Gasteiger partial charge on any atom is 0.329 e. The van der Waals surface area contributed by atoms with Crippen LogP contribution < -0.4 is 16.6 Å². The van der Waals surface area contributed by atoms with Crippen LogP contribution in [0.5, 0.6) is 0 Å². The van der Waals surface area contributed by atoms with E-state index in [0.29, 0.717) is 25.2 Å². The van der Waals surface area contributed by atoms with E-state index >= 15 is 0 Å². The number of carbonyl (C=O) groups is 1. The van der Waals surface area contributed by atoms with Gasteiger partial charge in [0.2, 0.25) is 0 Å². The number of pyridine rings is 1. The van der Waals surface area contributed by atoms with Crippen LogP contribution in [0.2, 0.25) is 0 Å². The number of rotatable bonds is 7. The van der Waals surface area contributed by atoms with Crippen LogP contribution in [-0.2, 0) is 19.6 Å². The van der Waals surface area contributed by atoms with Crippen LogP contribution in [0.1, 0.15) is 61.9 Å². The van der Waals surface area contributed by atoms with Crippen LogP contribution in [0, 0.1) is 0 Å². The molecule has 0 aliphatic carbocycles. The Bertz CT molecular complexity index is 1460. The molecular weight excluding hydrogens is 420 g/mol. The summed E-state index contributed by atoms with van der Waals surface area (Å²) in [7, 11) is 0. The summed E-state index contributed by atoms with van der Waals surface area (Å²) < 4.78 is 3.47. The molecule has 3 aromatic heterocycles. The van der Waals surface area contributed by atoms with Gasteiger partial charge in [-0.3, -0.25) is 19.1 Å². The lowest BCUT2D eigenvalue weighted by atomic mass is 10.0. The molecule has 33 heavy (non-hydrogen) atoms. The minimum atomic E-state index is -0.615. The molecule has 0 bridgehead atoms. The highest BCUT2D eigenvalue weighted by Gasteiger charge is 2.21. The van der Waals surface area contributed by atoms with Gasteiger partial charge in [0.15, 0.2) is 5.65 Å². The molecule has 2 N–H and O–H groups in total. The van der Waals surface area contributed by atoms with Gasteiger partial charge in [-0.2, -0.15) is 0 Å². The normalized spacial score (nSPS) is 11.5. The molecule has 0 spiro atoms. The summed E-state index contributed by atoms with van der Waals surface area (Å²) in [5.74, 6) is 0.326. The van der Waals surface area contributed by atoms with Crippen LogP contribution in [0.15, 0.2) is 39.9 Å². The molecule has 0 radical (unpaired) electrons. The molecule has 172 valence electrons. The van der Waals surface area contributed by atoms with Gasteiger partial charge in [-0.25, -0.2) is 14.8 Å². The third-order valence-corrected chi connectivity index (χ3v) is 5.71. The fourth-order valence-corrected chi connectivity index (χ4v) is 4.07. The Balaban J connectivity index is 1.79. The van der Waals surface area contributed by atoms with E-state index in [4.69, 9.17) is 0 Å². The van der Waals surface area contributed by atoms with Crippen LogP contribution in [0.25, 0.3) is 22.1 Å². The van der Waals surface area contributed by atoms with Crippen LogP contribution in [0.4, 0.5) is 0 Å². The highest BCUT2D eigenvalue weighted by atomic mass is 16.2. The first-order valence-electron chi connectivity index (χ1n) is 11.3. The molecule has 1 aromatic carbocycles. The molecule has 0 atom stereocenters. The Morgan fingerprint density at radius 3 is 2.58 bits per heavy atom. The molecule has 4 aromatic rings. The highest BCUT2D eigenvalue weighted by molar-refractivity contribution is 6.05. The SMILES string of the molecule is CCCn1c(=O)[nH]c(=O)c2c(C(=O)NCc3nc4ccccc4n3CC)cc(C(C)C)nc21. The van der Waals surface area contributed by atoms with Gasteiger partial charge in [-0.1, -0.05) is 32.9 Å². The fraction of sp³-hybridized carbons (Fsp3) is 0.375. The van der Waals surface area contributed by atoms with Crippen LogP contribution in [-0.4, -0.2) is 30.0 Å². The Morgan fingerprint density at radius 2 is 1.88 bits per heavy atom. The van der Waals surface area contributed by atoms with E-state index in [0.717, 1.165) is 16.9 Å². The lowest BCUT2D eigenvalue weighted by Gasteiger charge is -2.14. The molecular formula is C24H28N6O3. The molecule has 1 amide bonds. The monoisotopic (exact) mass is 448 g/mol. The lowest BCUT2D eigenvalue weighted by molar-refractivity contribution is 0.0951. The Morgan fingerprint density at radius 1 is 1.12 bits per heavy atom. The summed E-state index contributed by atoms with van der Waals surface area (Å²) in [6.07, 6.45) is 0.684. The summed E-state index contributed by atoms with van der Waals surface area (Å²) in [6.45, 7) is 9.17. The quantitative estimate of drug-likeness (QED) is 0.451. The predicted octanol–water partition coefficient (Wildman–Crippen LogP) is 2.92. The second kappa shape index (κ2) is 9.01. The van der Waals surface area contributed by atoms with Crippen LogP contribution in [0.3, 0.4) is 0 Å². The van der Waals surface area contributed by atoms with Crippen molar-refractivity contribution in [1.82, 2.24) is 29.4 Å². The molecule has 0 fully saturated rings. The zero-order valence-corrected chi connectivity index (χ0v) is 19.3. The van der Waals surface area contributed by atoms with Crippen molar-refractivity contribution < 1.29 is 4.79 Å². The number of benzene rings is 1. The van der Waals surface area contributed by atoms with Gasteiger partial charge in [-0.15, -0.1) is 0 Å². The number of para-hydroxylation sites is 2. The van der Waals surface area contributed by atoms with E-state index in [-0.39, 0.29) is 29.1 Å². The average molecular weight is 449 g/mol. The number of fused-ring (bicyclic) bond motifs is 2. The third-order valence-electron chi connectivity index (χ3n) is 5.71. The van der Waals surface area contributed by atoms with E-state index in [1.807, 2.05) is 56.5 Å². The van der Waals surface area contributed by atoms with E-state index in [2.05, 4.69) is 20.3 Å². The van der Waals surface area contributed by atoms with Gasteiger partial charge >= 0.3 is 5.69 Å². The van der Waals surface area contributed by atoms with Crippen molar-refractivity contribution in [1.29, 1.82) is 0 Å². The number of carbonyl (C=O) groups excluding carboxylic acids is 1. The van der Waals surface area contributed by atoms with Gasteiger partial charge in [0.25, 0.3) is 11.5 Å². The number of hydrogen-bond acceptors (Lipinski definition) is 5. The number of aryl methyl sites for hydroxylation is 2. The van der Waals surface area contributed by atoms with Gasteiger partial charge < -0.3 is 9.88 Å². The number of amides is 1. The molecule has 0 aliphatic rings. The van der Waals surface area contributed by atoms with Crippen molar-refractivity contribution in [2.75, 3.05) is 0 Å². The number of nitrogens with zero attached hydrogens (tertiary/aromatic N) is 4. The summed E-state index contributed by atoms with van der Waals surface area (Å²) in [5, 5.41) is 3.03. The number of nitrogens with one attached hydrogen (secondary N) is 2. The minimum absolute atomic E-state index is 0.00899. The van der Waals surface area contributed by atoms with Gasteiger partial charge in [-0.05, 0) is 37.5 Å². The topological polar surface area (TPSA) is 115 Å². The van der Waals surface area contributed by atoms with E-state index in [9.17, 15) is 14.4 Å². The van der Waals surface area contributed by atoms with Gasteiger partial charge in [0.05, 0.1) is 28.5 Å². The van der Waals surface area contributed by atoms with E-state index < -0.39 is 17.2 Å². The van der Waals surface area contributed by atoms with E-state index in [1.54, 1.807) is 6.07 Å². The fourth-order valence-electron chi connectivity index (χ4n) is 4.07. The first kappa shape index (κ1) is 22.4. The number of aromatic nitrogens is 5. The smallest absolute Gasteiger partial charge is 0.329 e. The third kappa shape index (κ3) is 4.06. The van der Waals surface area contributed by atoms with Gasteiger partial charge in [0, 0.05) is 18.8 Å². The minimum Gasteiger partial charge on any atom is -0.345 e. The molecule has 3 heterocycles. The van der Waals surface area contributed by atoms with Crippen molar-refractivity contribution in [2.24, 2.45) is 0 Å². The number of aromatic amines is 1. The Hall–Kier alpha value is -3.75. The molecule has 9 heteroatoms. The number of H-pyrrole nitrogens is 1. The Kier molecular flexibility index (Phi) is 6.13. The molecule has 0 aliphatic heterocycles. The van der Waals surface area contributed by atoms with E-state index in [1.165, 1.54) is 4.57 Å². The summed E-state index contributed by atoms with van der Waals surface area (Å²) in [4.78, 5) is 50.1. The number of hydrogen-bond donors (Lipinski definition) is 2. The first-order chi connectivity index (χ1) is 15.8. The van der Waals surface area contributed by atoms with Gasteiger partial charge in [0.1, 0.15) is 5.82 Å². The molecule has 0 saturated heterocycles. The maximum absolute atomic E-state index is 13.3. The maximum atomic E-state index is 13.3. The highest BCUT2D eigenvalue weighted by Crippen LogP contribution is 2.20. The summed E-state index contributed by atoms with van der Waals surface area (Å²) in [5.41, 5.74) is 1.81. The van der Waals surface area contributed by atoms with Crippen molar-refractivity contribution in [3.05, 3.63) is 68.3 Å². The summed E-state index contributed by atoms with van der Waals surface area (Å²) in [6, 6.07) is 9.45. The standard InChI is InChI=1S/C24H28N6O3/c1-5-11-30-21-20(23(32)28-24(30)33)15(12-17(27-21)14(3)4)22(31)25-13-19-26-16-9-7-8-10-18(16)29(19)6-2/h7-10,12,14H,5-6,11,13H2,1-4H3,(H,25,31)(H,28,32,33). The average Bonchev–Trinajstić information content (AvgIpc) is 3.16. The molecule has 9 nitrogen and oxygen atoms in total. The van der Waals surface area contributed by atoms with Crippen molar-refractivity contribution >= 4 is 28.0 Å².